The molecule has 0 radical (unpaired) electrons. The van der Waals surface area contributed by atoms with E-state index < -0.39 is 11.9 Å². The van der Waals surface area contributed by atoms with Gasteiger partial charge in [-0.05, 0) is 43.2 Å². The standard InChI is InChI=1S/C25H29N3O5/c1-3-4-13-28(22(29)17-27-24(30)21-8-6-15-33-21)23(19-11-9-18(2)10-12-19)25(31)26-16-20-7-5-14-32-20/h5-12,14-15,23H,3-4,13,16-17H2,1-2H3,(H,26,31)(H,27,30). The van der Waals surface area contributed by atoms with Crippen LogP contribution >= 0.6 is 0 Å². The highest BCUT2D eigenvalue weighted by Gasteiger charge is 2.31. The maximum Gasteiger partial charge on any atom is 0.287 e. The first-order chi connectivity index (χ1) is 16.0. The fourth-order valence-electron chi connectivity index (χ4n) is 3.38. The van der Waals surface area contributed by atoms with Gasteiger partial charge in [0.05, 0.1) is 25.6 Å². The second-order valence-electron chi connectivity index (χ2n) is 7.71. The molecule has 8 heteroatoms. The van der Waals surface area contributed by atoms with Crippen molar-refractivity contribution in [2.24, 2.45) is 0 Å². The van der Waals surface area contributed by atoms with Crippen molar-refractivity contribution in [2.75, 3.05) is 13.1 Å². The Morgan fingerprint density at radius 3 is 2.33 bits per heavy atom. The lowest BCUT2D eigenvalue weighted by Crippen LogP contribution is -2.47. The van der Waals surface area contributed by atoms with Gasteiger partial charge in [-0.1, -0.05) is 43.2 Å². The number of rotatable bonds is 11. The van der Waals surface area contributed by atoms with Crippen LogP contribution < -0.4 is 10.6 Å². The number of unbranched alkanes of at least 4 members (excludes halogenated alkanes) is 1. The Hall–Kier alpha value is -3.81. The summed E-state index contributed by atoms with van der Waals surface area (Å²) in [4.78, 5) is 40.3. The minimum Gasteiger partial charge on any atom is -0.467 e. The number of nitrogens with one attached hydrogen (secondary N) is 2. The van der Waals surface area contributed by atoms with E-state index >= 15 is 0 Å². The summed E-state index contributed by atoms with van der Waals surface area (Å²) in [5.41, 5.74) is 1.74. The second-order valence-corrected chi connectivity index (χ2v) is 7.71. The summed E-state index contributed by atoms with van der Waals surface area (Å²) in [7, 11) is 0. The molecule has 3 aromatic rings. The van der Waals surface area contributed by atoms with Crippen LogP contribution in [0.5, 0.6) is 0 Å². The Bertz CT molecular complexity index is 1030. The van der Waals surface area contributed by atoms with Crippen molar-refractivity contribution in [1.29, 1.82) is 0 Å². The molecule has 8 nitrogen and oxygen atoms in total. The smallest absolute Gasteiger partial charge is 0.287 e. The molecular weight excluding hydrogens is 422 g/mol. The molecule has 0 bridgehead atoms. The van der Waals surface area contributed by atoms with Crippen molar-refractivity contribution < 1.29 is 23.2 Å². The number of hydrogen-bond acceptors (Lipinski definition) is 5. The Kier molecular flexibility index (Phi) is 8.46. The number of aryl methyl sites for hydroxylation is 1. The number of carbonyl (C=O) groups is 3. The molecule has 0 aliphatic carbocycles. The quantitative estimate of drug-likeness (QED) is 0.464. The predicted molar refractivity (Wildman–Crippen MR) is 122 cm³/mol. The summed E-state index contributed by atoms with van der Waals surface area (Å²) in [6.07, 6.45) is 4.49. The maximum atomic E-state index is 13.3. The lowest BCUT2D eigenvalue weighted by molar-refractivity contribution is -0.140. The molecule has 0 fully saturated rings. The monoisotopic (exact) mass is 451 g/mol. The van der Waals surface area contributed by atoms with Gasteiger partial charge in [0, 0.05) is 6.54 Å². The minimum absolute atomic E-state index is 0.120. The lowest BCUT2D eigenvalue weighted by Gasteiger charge is -2.31. The minimum atomic E-state index is -0.847. The number of carbonyl (C=O) groups excluding carboxylic acids is 3. The summed E-state index contributed by atoms with van der Waals surface area (Å²) in [5, 5.41) is 5.45. The molecule has 0 saturated heterocycles. The Morgan fingerprint density at radius 2 is 1.70 bits per heavy atom. The van der Waals surface area contributed by atoms with Crippen molar-refractivity contribution in [1.82, 2.24) is 15.5 Å². The molecule has 0 aliphatic heterocycles. The average molecular weight is 452 g/mol. The van der Waals surface area contributed by atoms with Crippen LogP contribution in [0.15, 0.2) is 69.9 Å². The molecular formula is C25H29N3O5. The van der Waals surface area contributed by atoms with E-state index in [-0.39, 0.29) is 30.7 Å². The topological polar surface area (TPSA) is 105 Å². The Morgan fingerprint density at radius 1 is 0.970 bits per heavy atom. The van der Waals surface area contributed by atoms with Crippen LogP contribution in [0.3, 0.4) is 0 Å². The largest absolute Gasteiger partial charge is 0.467 e. The molecule has 0 aliphatic rings. The summed E-state index contributed by atoms with van der Waals surface area (Å²) in [5.74, 6) is -0.436. The Balaban J connectivity index is 1.81. The van der Waals surface area contributed by atoms with Gasteiger partial charge in [-0.15, -0.1) is 0 Å². The van der Waals surface area contributed by atoms with Crippen molar-refractivity contribution >= 4 is 17.7 Å². The van der Waals surface area contributed by atoms with Gasteiger partial charge in [0.25, 0.3) is 5.91 Å². The third-order valence-corrected chi connectivity index (χ3v) is 5.19. The zero-order valence-electron chi connectivity index (χ0n) is 18.9. The van der Waals surface area contributed by atoms with E-state index in [4.69, 9.17) is 8.83 Å². The normalized spacial score (nSPS) is 11.6. The van der Waals surface area contributed by atoms with Gasteiger partial charge in [-0.3, -0.25) is 14.4 Å². The van der Waals surface area contributed by atoms with E-state index in [0.29, 0.717) is 24.3 Å². The van der Waals surface area contributed by atoms with E-state index in [2.05, 4.69) is 10.6 Å². The van der Waals surface area contributed by atoms with Gasteiger partial charge in [-0.25, -0.2) is 0 Å². The van der Waals surface area contributed by atoms with Crippen LogP contribution in [-0.2, 0) is 16.1 Å². The first kappa shape index (κ1) is 23.8. The maximum absolute atomic E-state index is 13.3. The fraction of sp³-hybridized carbons (Fsp3) is 0.320. The molecule has 0 saturated carbocycles. The van der Waals surface area contributed by atoms with Crippen LogP contribution in [0.2, 0.25) is 0 Å². The molecule has 1 atom stereocenters. The highest BCUT2D eigenvalue weighted by Crippen LogP contribution is 2.23. The first-order valence-corrected chi connectivity index (χ1v) is 11.0. The average Bonchev–Trinajstić information content (AvgIpc) is 3.54. The van der Waals surface area contributed by atoms with Gasteiger partial charge in [0.1, 0.15) is 11.8 Å². The van der Waals surface area contributed by atoms with Gasteiger partial charge in [-0.2, -0.15) is 0 Å². The lowest BCUT2D eigenvalue weighted by atomic mass is 10.0. The molecule has 0 spiro atoms. The summed E-state index contributed by atoms with van der Waals surface area (Å²) in [6.45, 7) is 4.30. The molecule has 1 aromatic carbocycles. The first-order valence-electron chi connectivity index (χ1n) is 11.0. The molecule has 3 rings (SSSR count). The summed E-state index contributed by atoms with van der Waals surface area (Å²) < 4.78 is 10.4. The molecule has 2 N–H and O–H groups in total. The van der Waals surface area contributed by atoms with Crippen molar-refractivity contribution in [3.8, 4) is 0 Å². The number of furan rings is 2. The molecule has 2 aromatic heterocycles. The third kappa shape index (κ3) is 6.58. The van der Waals surface area contributed by atoms with Crippen molar-refractivity contribution in [2.45, 2.75) is 39.3 Å². The zero-order chi connectivity index (χ0) is 23.6. The molecule has 174 valence electrons. The van der Waals surface area contributed by atoms with E-state index in [0.717, 1.165) is 12.0 Å². The van der Waals surface area contributed by atoms with Crippen LogP contribution in [0.25, 0.3) is 0 Å². The van der Waals surface area contributed by atoms with Crippen LogP contribution in [0, 0.1) is 6.92 Å². The zero-order valence-corrected chi connectivity index (χ0v) is 18.9. The van der Waals surface area contributed by atoms with Crippen LogP contribution in [0.4, 0.5) is 0 Å². The second kappa shape index (κ2) is 11.7. The third-order valence-electron chi connectivity index (χ3n) is 5.19. The molecule has 1 unspecified atom stereocenters. The van der Waals surface area contributed by atoms with Crippen LogP contribution in [-0.4, -0.2) is 35.7 Å². The number of nitrogens with zero attached hydrogens (tertiary/aromatic N) is 1. The van der Waals surface area contributed by atoms with E-state index in [9.17, 15) is 14.4 Å². The van der Waals surface area contributed by atoms with Gasteiger partial charge >= 0.3 is 0 Å². The summed E-state index contributed by atoms with van der Waals surface area (Å²) >= 11 is 0. The van der Waals surface area contributed by atoms with Gasteiger partial charge in [0.15, 0.2) is 5.76 Å². The summed E-state index contributed by atoms with van der Waals surface area (Å²) in [6, 6.07) is 13.3. The number of hydrogen-bond donors (Lipinski definition) is 2. The SMILES string of the molecule is CCCCN(C(=O)CNC(=O)c1ccco1)C(C(=O)NCc1ccco1)c1ccc(C)cc1. The van der Waals surface area contributed by atoms with E-state index in [1.54, 1.807) is 18.2 Å². The van der Waals surface area contributed by atoms with Gasteiger partial charge < -0.3 is 24.4 Å². The number of benzene rings is 1. The van der Waals surface area contributed by atoms with Crippen molar-refractivity contribution in [3.05, 3.63) is 83.7 Å². The highest BCUT2D eigenvalue weighted by molar-refractivity contribution is 5.95. The Labute approximate surface area is 192 Å². The van der Waals surface area contributed by atoms with Crippen LogP contribution in [0.1, 0.15) is 53.2 Å². The van der Waals surface area contributed by atoms with Crippen molar-refractivity contribution in [3.63, 3.8) is 0 Å². The molecule has 3 amide bonds. The molecule has 33 heavy (non-hydrogen) atoms. The highest BCUT2D eigenvalue weighted by atomic mass is 16.3. The molecule has 2 heterocycles. The predicted octanol–water partition coefficient (Wildman–Crippen LogP) is 3.60. The van der Waals surface area contributed by atoms with E-state index in [1.165, 1.54) is 23.5 Å². The van der Waals surface area contributed by atoms with Gasteiger partial charge in [0.2, 0.25) is 11.8 Å². The fourth-order valence-corrected chi connectivity index (χ4v) is 3.38. The number of amides is 3. The van der Waals surface area contributed by atoms with E-state index in [1.807, 2.05) is 38.1 Å².